The normalized spacial score (nSPS) is 16.0. The summed E-state index contributed by atoms with van der Waals surface area (Å²) in [5.41, 5.74) is 1.66. The standard InChI is InChI=1S/C21H21ClN6O3/c1-3-15-10-18(29)25-21(23-15)28-17(8-12(2)26-28)24-20(31)13-9-19(30)27(11-13)16-6-4-14(22)5-7-16/h4-8,10,13H,3,9,11H2,1-2H3,(H,24,31)(H,23,25,29)/t13-/m0/s1. The molecule has 10 heteroatoms. The number of carbonyl (C=O) groups excluding carboxylic acids is 2. The Bertz CT molecular complexity index is 1200. The predicted molar refractivity (Wildman–Crippen MR) is 117 cm³/mol. The second-order valence-corrected chi connectivity index (χ2v) is 7.80. The van der Waals surface area contributed by atoms with Gasteiger partial charge in [0.05, 0.1) is 11.6 Å². The summed E-state index contributed by atoms with van der Waals surface area (Å²) in [5.74, 6) is -0.371. The van der Waals surface area contributed by atoms with Crippen LogP contribution in [0.4, 0.5) is 11.5 Å². The van der Waals surface area contributed by atoms with Gasteiger partial charge in [0.15, 0.2) is 0 Å². The number of nitrogens with one attached hydrogen (secondary N) is 2. The number of H-pyrrole nitrogens is 1. The highest BCUT2D eigenvalue weighted by molar-refractivity contribution is 6.30. The van der Waals surface area contributed by atoms with E-state index in [4.69, 9.17) is 11.6 Å². The summed E-state index contributed by atoms with van der Waals surface area (Å²) in [6, 6.07) is 10.0. The molecule has 1 aromatic carbocycles. The highest BCUT2D eigenvalue weighted by atomic mass is 35.5. The third kappa shape index (κ3) is 4.36. The van der Waals surface area contributed by atoms with E-state index in [9.17, 15) is 14.4 Å². The van der Waals surface area contributed by atoms with Gasteiger partial charge in [0.2, 0.25) is 17.8 Å². The summed E-state index contributed by atoms with van der Waals surface area (Å²) in [5, 5.41) is 7.75. The second kappa shape index (κ2) is 8.35. The number of nitrogens with zero attached hydrogens (tertiary/aromatic N) is 4. The molecule has 31 heavy (non-hydrogen) atoms. The largest absolute Gasteiger partial charge is 0.312 e. The van der Waals surface area contributed by atoms with Gasteiger partial charge in [-0.15, -0.1) is 0 Å². The molecule has 4 rings (SSSR count). The molecule has 0 aliphatic carbocycles. The van der Waals surface area contributed by atoms with E-state index in [0.717, 1.165) is 0 Å². The first-order chi connectivity index (χ1) is 14.8. The molecule has 3 aromatic rings. The van der Waals surface area contributed by atoms with Crippen molar-refractivity contribution in [1.29, 1.82) is 0 Å². The number of hydrogen-bond donors (Lipinski definition) is 2. The van der Waals surface area contributed by atoms with Crippen LogP contribution in [0.1, 0.15) is 24.7 Å². The van der Waals surface area contributed by atoms with Gasteiger partial charge in [0.25, 0.3) is 5.56 Å². The van der Waals surface area contributed by atoms with Gasteiger partial charge in [-0.05, 0) is 37.6 Å². The fraction of sp³-hybridized carbons (Fsp3) is 0.286. The average molecular weight is 441 g/mol. The van der Waals surface area contributed by atoms with E-state index in [1.807, 2.05) is 6.92 Å². The Hall–Kier alpha value is -3.46. The second-order valence-electron chi connectivity index (χ2n) is 7.37. The van der Waals surface area contributed by atoms with Gasteiger partial charge < -0.3 is 10.2 Å². The monoisotopic (exact) mass is 440 g/mol. The molecule has 2 aromatic heterocycles. The number of hydrogen-bond acceptors (Lipinski definition) is 5. The zero-order valence-corrected chi connectivity index (χ0v) is 17.8. The third-order valence-electron chi connectivity index (χ3n) is 5.06. The van der Waals surface area contributed by atoms with Crippen LogP contribution in [0, 0.1) is 12.8 Å². The summed E-state index contributed by atoms with van der Waals surface area (Å²) in [4.78, 5) is 46.0. The van der Waals surface area contributed by atoms with Gasteiger partial charge in [-0.1, -0.05) is 18.5 Å². The number of aryl methyl sites for hydroxylation is 2. The van der Waals surface area contributed by atoms with Gasteiger partial charge in [0.1, 0.15) is 5.82 Å². The molecule has 3 heterocycles. The molecule has 1 saturated heterocycles. The summed E-state index contributed by atoms with van der Waals surface area (Å²) < 4.78 is 1.39. The molecule has 9 nitrogen and oxygen atoms in total. The van der Waals surface area contributed by atoms with Crippen LogP contribution in [-0.4, -0.2) is 38.1 Å². The maximum Gasteiger partial charge on any atom is 0.252 e. The molecule has 2 amide bonds. The van der Waals surface area contributed by atoms with Crippen LogP contribution in [-0.2, 0) is 16.0 Å². The lowest BCUT2D eigenvalue weighted by atomic mass is 10.1. The highest BCUT2D eigenvalue weighted by Crippen LogP contribution is 2.27. The lowest BCUT2D eigenvalue weighted by molar-refractivity contribution is -0.122. The Morgan fingerprint density at radius 2 is 2.00 bits per heavy atom. The van der Waals surface area contributed by atoms with E-state index < -0.39 is 5.92 Å². The molecule has 0 spiro atoms. The maximum atomic E-state index is 12.9. The van der Waals surface area contributed by atoms with E-state index in [1.165, 1.54) is 10.7 Å². The van der Waals surface area contributed by atoms with Crippen LogP contribution >= 0.6 is 11.6 Å². The van der Waals surface area contributed by atoms with Crippen molar-refractivity contribution in [3.63, 3.8) is 0 Å². The Balaban J connectivity index is 1.55. The predicted octanol–water partition coefficient (Wildman–Crippen LogP) is 2.47. The van der Waals surface area contributed by atoms with E-state index >= 15 is 0 Å². The molecule has 1 aliphatic heterocycles. The number of aromatic nitrogens is 4. The topological polar surface area (TPSA) is 113 Å². The average Bonchev–Trinajstić information content (AvgIpc) is 3.30. The van der Waals surface area contributed by atoms with Crippen molar-refractivity contribution in [3.8, 4) is 5.95 Å². The first-order valence-corrected chi connectivity index (χ1v) is 10.3. The SMILES string of the molecule is CCc1cc(=O)[nH]c(-n2nc(C)cc2NC(=O)[C@H]2CC(=O)N(c3ccc(Cl)cc3)C2)n1. The maximum absolute atomic E-state index is 12.9. The van der Waals surface area contributed by atoms with Gasteiger partial charge in [-0.2, -0.15) is 9.78 Å². The minimum Gasteiger partial charge on any atom is -0.312 e. The van der Waals surface area contributed by atoms with Crippen molar-refractivity contribution in [1.82, 2.24) is 19.7 Å². The van der Waals surface area contributed by atoms with Crippen LogP contribution in [0.15, 0.2) is 41.2 Å². The number of aromatic amines is 1. The highest BCUT2D eigenvalue weighted by Gasteiger charge is 2.35. The summed E-state index contributed by atoms with van der Waals surface area (Å²) >= 11 is 5.92. The van der Waals surface area contributed by atoms with E-state index in [0.29, 0.717) is 34.3 Å². The van der Waals surface area contributed by atoms with Crippen LogP contribution in [0.5, 0.6) is 0 Å². The van der Waals surface area contributed by atoms with Crippen LogP contribution < -0.4 is 15.8 Å². The quantitative estimate of drug-likeness (QED) is 0.632. The fourth-order valence-electron chi connectivity index (χ4n) is 3.51. The summed E-state index contributed by atoms with van der Waals surface area (Å²) in [6.07, 6.45) is 0.686. The number of rotatable bonds is 5. The molecule has 2 N–H and O–H groups in total. The molecule has 0 bridgehead atoms. The first kappa shape index (κ1) is 20.8. The van der Waals surface area contributed by atoms with Gasteiger partial charge in [-0.3, -0.25) is 19.4 Å². The molecule has 0 radical (unpaired) electrons. The fourth-order valence-corrected chi connectivity index (χ4v) is 3.63. The first-order valence-electron chi connectivity index (χ1n) is 9.88. The van der Waals surface area contributed by atoms with Crippen LogP contribution in [0.2, 0.25) is 5.02 Å². The molecular formula is C21H21ClN6O3. The molecule has 0 unspecified atom stereocenters. The van der Waals surface area contributed by atoms with E-state index in [-0.39, 0.29) is 36.3 Å². The van der Waals surface area contributed by atoms with Crippen molar-refractivity contribution < 1.29 is 9.59 Å². The van der Waals surface area contributed by atoms with Crippen molar-refractivity contribution in [2.45, 2.75) is 26.7 Å². The molecule has 0 saturated carbocycles. The molecule has 1 aliphatic rings. The van der Waals surface area contributed by atoms with Crippen molar-refractivity contribution in [2.75, 3.05) is 16.8 Å². The molecule has 1 atom stereocenters. The molecular weight excluding hydrogens is 420 g/mol. The number of benzene rings is 1. The lowest BCUT2D eigenvalue weighted by Gasteiger charge is -2.17. The molecule has 1 fully saturated rings. The van der Waals surface area contributed by atoms with E-state index in [1.54, 1.807) is 42.2 Å². The summed E-state index contributed by atoms with van der Waals surface area (Å²) in [7, 11) is 0. The van der Waals surface area contributed by atoms with Gasteiger partial charge in [0, 0.05) is 41.5 Å². The smallest absolute Gasteiger partial charge is 0.252 e. The molecule has 160 valence electrons. The Morgan fingerprint density at radius 3 is 2.71 bits per heavy atom. The lowest BCUT2D eigenvalue weighted by Crippen LogP contribution is -2.28. The zero-order valence-electron chi connectivity index (χ0n) is 17.1. The van der Waals surface area contributed by atoms with Gasteiger partial charge >= 0.3 is 0 Å². The van der Waals surface area contributed by atoms with Crippen molar-refractivity contribution in [3.05, 3.63) is 63.2 Å². The number of amides is 2. The number of anilines is 2. The minimum atomic E-state index is -0.527. The summed E-state index contributed by atoms with van der Waals surface area (Å²) in [6.45, 7) is 3.93. The Kier molecular flexibility index (Phi) is 5.60. The zero-order chi connectivity index (χ0) is 22.1. The number of carbonyl (C=O) groups is 2. The van der Waals surface area contributed by atoms with Gasteiger partial charge in [-0.25, -0.2) is 4.98 Å². The third-order valence-corrected chi connectivity index (χ3v) is 5.31. The Labute approximate surface area is 183 Å². The number of halogens is 1. The van der Waals surface area contributed by atoms with E-state index in [2.05, 4.69) is 20.4 Å². The van der Waals surface area contributed by atoms with Crippen molar-refractivity contribution >= 4 is 34.9 Å². The van der Waals surface area contributed by atoms with Crippen molar-refractivity contribution in [2.24, 2.45) is 5.92 Å². The van der Waals surface area contributed by atoms with Crippen LogP contribution in [0.25, 0.3) is 5.95 Å². The minimum absolute atomic E-state index is 0.0992. The van der Waals surface area contributed by atoms with Crippen LogP contribution in [0.3, 0.4) is 0 Å². The Morgan fingerprint density at radius 1 is 1.26 bits per heavy atom.